The monoisotopic (exact) mass is 244 g/mol. The molecular weight excluding hydrogens is 212 g/mol. The highest BCUT2D eigenvalue weighted by molar-refractivity contribution is 4.60. The fourth-order valence-electron chi connectivity index (χ4n) is 1.86. The Bertz CT molecular complexity index is 151. The molecule has 0 saturated heterocycles. The maximum atomic E-state index is 5.30. The van der Waals surface area contributed by atoms with Crippen molar-refractivity contribution < 1.29 is 4.74 Å². The zero-order valence-corrected chi connectivity index (χ0v) is 12.3. The van der Waals surface area contributed by atoms with Gasteiger partial charge in [0.05, 0.1) is 0 Å². The minimum absolute atomic E-state index is 0.765. The Labute approximate surface area is 108 Å². The molecule has 0 spiro atoms. The van der Waals surface area contributed by atoms with Crippen LogP contribution in [0.5, 0.6) is 0 Å². The van der Waals surface area contributed by atoms with Crippen molar-refractivity contribution in [3.63, 3.8) is 0 Å². The van der Waals surface area contributed by atoms with Gasteiger partial charge in [0.15, 0.2) is 0 Å². The first-order chi connectivity index (χ1) is 8.20. The van der Waals surface area contributed by atoms with Crippen molar-refractivity contribution in [2.24, 2.45) is 5.92 Å². The van der Waals surface area contributed by atoms with Crippen LogP contribution < -0.4 is 5.32 Å². The van der Waals surface area contributed by atoms with Crippen molar-refractivity contribution in [3.05, 3.63) is 0 Å². The number of nitrogens with one attached hydrogen (secondary N) is 1. The minimum Gasteiger partial charge on any atom is -0.382 e. The molecule has 0 unspecified atom stereocenters. The molecule has 0 aliphatic rings. The number of ether oxygens (including phenoxy) is 1. The van der Waals surface area contributed by atoms with E-state index in [1.807, 2.05) is 6.92 Å². The summed E-state index contributed by atoms with van der Waals surface area (Å²) in [5, 5.41) is 3.50. The lowest BCUT2D eigenvalue weighted by atomic mass is 10.2. The van der Waals surface area contributed by atoms with Crippen molar-refractivity contribution in [1.29, 1.82) is 0 Å². The fraction of sp³-hybridized carbons (Fsp3) is 1.00. The van der Waals surface area contributed by atoms with Gasteiger partial charge >= 0.3 is 0 Å². The Morgan fingerprint density at radius 2 is 1.88 bits per heavy atom. The van der Waals surface area contributed by atoms with Crippen LogP contribution in [0, 0.1) is 5.92 Å². The maximum absolute atomic E-state index is 5.30. The van der Waals surface area contributed by atoms with Gasteiger partial charge in [-0.1, -0.05) is 20.8 Å². The molecule has 0 amide bonds. The summed E-state index contributed by atoms with van der Waals surface area (Å²) in [4.78, 5) is 2.51. The molecule has 0 aliphatic heterocycles. The smallest absolute Gasteiger partial charge is 0.0466 e. The number of hydrogen-bond donors (Lipinski definition) is 1. The largest absolute Gasteiger partial charge is 0.382 e. The Morgan fingerprint density at radius 3 is 2.47 bits per heavy atom. The van der Waals surface area contributed by atoms with Crippen LogP contribution in [0.4, 0.5) is 0 Å². The lowest BCUT2D eigenvalue weighted by molar-refractivity contribution is 0.143. The second kappa shape index (κ2) is 12.3. The van der Waals surface area contributed by atoms with Crippen LogP contribution in [-0.4, -0.2) is 50.8 Å². The summed E-state index contributed by atoms with van der Waals surface area (Å²) in [6.07, 6.45) is 2.39. The number of hydrogen-bond acceptors (Lipinski definition) is 3. The third kappa shape index (κ3) is 12.1. The van der Waals surface area contributed by atoms with Crippen molar-refractivity contribution in [1.82, 2.24) is 10.2 Å². The number of rotatable bonds is 12. The van der Waals surface area contributed by atoms with E-state index in [0.717, 1.165) is 38.8 Å². The van der Waals surface area contributed by atoms with E-state index in [4.69, 9.17) is 4.74 Å². The Morgan fingerprint density at radius 1 is 1.12 bits per heavy atom. The molecule has 0 saturated carbocycles. The molecule has 0 bridgehead atoms. The van der Waals surface area contributed by atoms with E-state index < -0.39 is 0 Å². The molecular formula is C14H32N2O. The van der Waals surface area contributed by atoms with E-state index in [1.165, 1.54) is 25.9 Å². The predicted octanol–water partition coefficient (Wildman–Crippen LogP) is 2.37. The zero-order valence-electron chi connectivity index (χ0n) is 12.3. The van der Waals surface area contributed by atoms with Gasteiger partial charge in [-0.15, -0.1) is 0 Å². The molecule has 17 heavy (non-hydrogen) atoms. The quantitative estimate of drug-likeness (QED) is 0.533. The number of nitrogens with zero attached hydrogens (tertiary/aromatic N) is 1. The van der Waals surface area contributed by atoms with Crippen molar-refractivity contribution >= 4 is 0 Å². The van der Waals surface area contributed by atoms with Crippen LogP contribution in [0.2, 0.25) is 0 Å². The van der Waals surface area contributed by atoms with E-state index >= 15 is 0 Å². The Kier molecular flexibility index (Phi) is 12.3. The first-order valence-electron chi connectivity index (χ1n) is 7.21. The Hall–Kier alpha value is -0.120. The van der Waals surface area contributed by atoms with Crippen LogP contribution in [0.3, 0.4) is 0 Å². The van der Waals surface area contributed by atoms with Gasteiger partial charge in [-0.3, -0.25) is 0 Å². The SMILES string of the molecule is CCOCCCCNCCN(CC)CC(C)C. The molecule has 3 heteroatoms. The normalized spacial score (nSPS) is 11.6. The van der Waals surface area contributed by atoms with E-state index in [0.29, 0.717) is 0 Å². The molecule has 1 N–H and O–H groups in total. The van der Waals surface area contributed by atoms with Crippen LogP contribution in [0.1, 0.15) is 40.5 Å². The highest BCUT2D eigenvalue weighted by Crippen LogP contribution is 1.97. The summed E-state index contributed by atoms with van der Waals surface area (Å²) in [6, 6.07) is 0. The summed E-state index contributed by atoms with van der Waals surface area (Å²) >= 11 is 0. The van der Waals surface area contributed by atoms with E-state index in [9.17, 15) is 0 Å². The van der Waals surface area contributed by atoms with Crippen molar-refractivity contribution in [3.8, 4) is 0 Å². The molecule has 104 valence electrons. The predicted molar refractivity (Wildman–Crippen MR) is 75.5 cm³/mol. The van der Waals surface area contributed by atoms with E-state index in [2.05, 4.69) is 31.0 Å². The molecule has 0 heterocycles. The van der Waals surface area contributed by atoms with Gasteiger partial charge in [-0.25, -0.2) is 0 Å². The fourth-order valence-corrected chi connectivity index (χ4v) is 1.86. The summed E-state index contributed by atoms with van der Waals surface area (Å²) in [7, 11) is 0. The summed E-state index contributed by atoms with van der Waals surface area (Å²) in [5.41, 5.74) is 0. The van der Waals surface area contributed by atoms with Gasteiger partial charge < -0.3 is 15.0 Å². The zero-order chi connectivity index (χ0) is 12.9. The highest BCUT2D eigenvalue weighted by Gasteiger charge is 2.03. The molecule has 0 aromatic carbocycles. The van der Waals surface area contributed by atoms with Gasteiger partial charge in [0.2, 0.25) is 0 Å². The molecule has 0 atom stereocenters. The molecule has 0 radical (unpaired) electrons. The van der Waals surface area contributed by atoms with Crippen LogP contribution in [0.25, 0.3) is 0 Å². The Balaban J connectivity index is 3.25. The highest BCUT2D eigenvalue weighted by atomic mass is 16.5. The molecule has 0 aliphatic carbocycles. The lowest BCUT2D eigenvalue weighted by Gasteiger charge is -2.22. The van der Waals surface area contributed by atoms with Gasteiger partial charge in [0.1, 0.15) is 0 Å². The third-order valence-electron chi connectivity index (χ3n) is 2.77. The topological polar surface area (TPSA) is 24.5 Å². The standard InChI is InChI=1S/C14H32N2O/c1-5-16(13-14(3)4)11-10-15-9-7-8-12-17-6-2/h14-15H,5-13H2,1-4H3. The second-order valence-electron chi connectivity index (χ2n) is 4.94. The number of unbranched alkanes of at least 4 members (excludes halogenated alkanes) is 1. The van der Waals surface area contributed by atoms with E-state index in [1.54, 1.807) is 0 Å². The van der Waals surface area contributed by atoms with Crippen LogP contribution >= 0.6 is 0 Å². The van der Waals surface area contributed by atoms with Gasteiger partial charge in [0, 0.05) is 32.8 Å². The molecule has 0 aromatic heterocycles. The molecule has 0 aromatic rings. The van der Waals surface area contributed by atoms with Gasteiger partial charge in [-0.2, -0.15) is 0 Å². The van der Waals surface area contributed by atoms with Gasteiger partial charge in [-0.05, 0) is 38.8 Å². The average molecular weight is 244 g/mol. The number of likely N-dealkylation sites (N-methyl/N-ethyl adjacent to an activating group) is 1. The molecule has 0 fully saturated rings. The van der Waals surface area contributed by atoms with Gasteiger partial charge in [0.25, 0.3) is 0 Å². The molecule has 3 nitrogen and oxygen atoms in total. The van der Waals surface area contributed by atoms with Crippen LogP contribution in [0.15, 0.2) is 0 Å². The van der Waals surface area contributed by atoms with Crippen molar-refractivity contribution in [2.45, 2.75) is 40.5 Å². The summed E-state index contributed by atoms with van der Waals surface area (Å²) < 4.78 is 5.30. The van der Waals surface area contributed by atoms with E-state index in [-0.39, 0.29) is 0 Å². The first kappa shape index (κ1) is 16.9. The minimum atomic E-state index is 0.765. The van der Waals surface area contributed by atoms with Crippen LogP contribution in [-0.2, 0) is 4.74 Å². The molecule has 0 rings (SSSR count). The first-order valence-corrected chi connectivity index (χ1v) is 7.21. The summed E-state index contributed by atoms with van der Waals surface area (Å²) in [6.45, 7) is 16.4. The maximum Gasteiger partial charge on any atom is 0.0466 e. The lowest BCUT2D eigenvalue weighted by Crippen LogP contribution is -2.34. The van der Waals surface area contributed by atoms with Crippen molar-refractivity contribution in [2.75, 3.05) is 45.9 Å². The second-order valence-corrected chi connectivity index (χ2v) is 4.94. The summed E-state index contributed by atoms with van der Waals surface area (Å²) in [5.74, 6) is 0.765. The average Bonchev–Trinajstić information content (AvgIpc) is 2.30. The third-order valence-corrected chi connectivity index (χ3v) is 2.77.